The number of anilines is 3. The van der Waals surface area contributed by atoms with E-state index in [9.17, 15) is 37.1 Å². The summed E-state index contributed by atoms with van der Waals surface area (Å²) in [7, 11) is 0. The summed E-state index contributed by atoms with van der Waals surface area (Å²) in [5, 5.41) is 24.1. The fraction of sp³-hybridized carbons (Fsp3) is 0.231. The Kier molecular flexibility index (Phi) is 10.4. The Hall–Kier alpha value is -4.50. The molecule has 1 saturated heterocycles. The van der Waals surface area contributed by atoms with Crippen LogP contribution in [0.5, 0.6) is 0 Å². The number of alkyl halides is 3. The molecule has 15 heteroatoms. The van der Waals surface area contributed by atoms with Crippen LogP contribution in [0.2, 0.25) is 0 Å². The van der Waals surface area contributed by atoms with Gasteiger partial charge in [-0.15, -0.1) is 11.3 Å². The Morgan fingerprint density at radius 1 is 0.878 bits per heavy atom. The Morgan fingerprint density at radius 2 is 1.49 bits per heavy atom. The summed E-state index contributed by atoms with van der Waals surface area (Å²) in [6.07, 6.45) is -5.08. The van der Waals surface area contributed by atoms with Gasteiger partial charge in [0.05, 0.1) is 22.7 Å². The number of nitrogens with zero attached hydrogens (tertiary/aromatic N) is 2. The third-order valence-electron chi connectivity index (χ3n) is 5.68. The van der Waals surface area contributed by atoms with Crippen molar-refractivity contribution in [1.29, 1.82) is 0 Å². The molecular formula is C26H24F4N4O6S. The van der Waals surface area contributed by atoms with Gasteiger partial charge < -0.3 is 25.7 Å². The molecule has 4 rings (SSSR count). The van der Waals surface area contributed by atoms with Gasteiger partial charge >= 0.3 is 18.1 Å². The number of amides is 2. The van der Waals surface area contributed by atoms with E-state index in [1.165, 1.54) is 41.7 Å². The molecule has 0 spiro atoms. The largest absolute Gasteiger partial charge is 0.490 e. The van der Waals surface area contributed by atoms with Crippen molar-refractivity contribution in [2.75, 3.05) is 48.3 Å². The number of thiophene rings is 1. The number of hydrogen-bond acceptors (Lipinski definition) is 7. The second-order valence-electron chi connectivity index (χ2n) is 8.59. The molecule has 0 bridgehead atoms. The van der Waals surface area contributed by atoms with Gasteiger partial charge in [0.15, 0.2) is 0 Å². The predicted octanol–water partition coefficient (Wildman–Crippen LogP) is 4.23. The van der Waals surface area contributed by atoms with Crippen LogP contribution in [-0.2, 0) is 9.59 Å². The first-order valence-electron chi connectivity index (χ1n) is 11.9. The monoisotopic (exact) mass is 596 g/mol. The molecule has 2 amide bonds. The first-order valence-corrected chi connectivity index (χ1v) is 12.8. The molecule has 4 N–H and O–H groups in total. The first-order chi connectivity index (χ1) is 19.3. The lowest BCUT2D eigenvalue weighted by atomic mass is 10.1. The van der Waals surface area contributed by atoms with Crippen molar-refractivity contribution in [2.24, 2.45) is 0 Å². The van der Waals surface area contributed by atoms with Gasteiger partial charge in [-0.1, -0.05) is 6.07 Å². The summed E-state index contributed by atoms with van der Waals surface area (Å²) in [5.74, 6) is -4.69. The lowest BCUT2D eigenvalue weighted by Crippen LogP contribution is -2.49. The van der Waals surface area contributed by atoms with E-state index in [0.717, 1.165) is 0 Å². The Balaban J connectivity index is 0.000000587. The molecule has 0 unspecified atom stereocenters. The number of piperazine rings is 1. The van der Waals surface area contributed by atoms with Crippen LogP contribution in [0.3, 0.4) is 0 Å². The van der Waals surface area contributed by atoms with Crippen molar-refractivity contribution < 1.29 is 47.0 Å². The minimum absolute atomic E-state index is 0.103. The number of aromatic carboxylic acids is 1. The summed E-state index contributed by atoms with van der Waals surface area (Å²) in [6, 6.07) is 13.9. The first kappa shape index (κ1) is 31.0. The summed E-state index contributed by atoms with van der Waals surface area (Å²) >= 11 is 1.31. The Bertz CT molecular complexity index is 1380. The van der Waals surface area contributed by atoms with E-state index < -0.39 is 18.1 Å². The topological polar surface area (TPSA) is 139 Å². The zero-order valence-electron chi connectivity index (χ0n) is 21.2. The van der Waals surface area contributed by atoms with Crippen LogP contribution in [0.25, 0.3) is 0 Å². The molecule has 0 saturated carbocycles. The van der Waals surface area contributed by atoms with Crippen molar-refractivity contribution in [3.63, 3.8) is 0 Å². The highest BCUT2D eigenvalue weighted by Gasteiger charge is 2.38. The molecule has 218 valence electrons. The van der Waals surface area contributed by atoms with Gasteiger partial charge in [0, 0.05) is 37.6 Å². The number of hydrogen-bond donors (Lipinski definition) is 4. The van der Waals surface area contributed by atoms with Crippen LogP contribution in [-0.4, -0.2) is 77.8 Å². The average Bonchev–Trinajstić information content (AvgIpc) is 3.46. The lowest BCUT2D eigenvalue weighted by molar-refractivity contribution is -0.192. The Labute approximate surface area is 234 Å². The number of carbonyl (C=O) groups excluding carboxylic acids is 2. The lowest BCUT2D eigenvalue weighted by Gasteiger charge is -2.36. The number of carbonyl (C=O) groups is 4. The molecule has 1 aliphatic heterocycles. The average molecular weight is 597 g/mol. The third-order valence-corrected chi connectivity index (χ3v) is 6.55. The normalized spacial score (nSPS) is 13.5. The third kappa shape index (κ3) is 9.29. The van der Waals surface area contributed by atoms with E-state index in [0.29, 0.717) is 48.1 Å². The second kappa shape index (κ2) is 13.7. The maximum atomic E-state index is 13.0. The molecule has 41 heavy (non-hydrogen) atoms. The van der Waals surface area contributed by atoms with Gasteiger partial charge in [-0.2, -0.15) is 13.2 Å². The number of carboxylic acid groups (broad SMARTS) is 2. The standard InChI is InChI=1S/C24H23FN4O4S.C2HF3O2/c25-16-3-5-17(6-4-16)26-22(30)15-28-9-11-29(12-10-28)20-8-7-18(14-19(20)24(32)33)27-23(31)21-2-1-13-34-21;3-2(4,5)1(6)7/h1-8,13-14H,9-12,15H2,(H,26,30)(H,27,31)(H,32,33);(H,6,7). The molecule has 2 aromatic carbocycles. The highest BCUT2D eigenvalue weighted by molar-refractivity contribution is 7.12. The van der Waals surface area contributed by atoms with Crippen LogP contribution in [0.1, 0.15) is 20.0 Å². The number of halogens is 4. The van der Waals surface area contributed by atoms with Crippen molar-refractivity contribution in [2.45, 2.75) is 6.18 Å². The second-order valence-corrected chi connectivity index (χ2v) is 9.54. The number of aliphatic carboxylic acids is 1. The Morgan fingerprint density at radius 3 is 2.02 bits per heavy atom. The van der Waals surface area contributed by atoms with Crippen molar-refractivity contribution in [3.05, 3.63) is 76.2 Å². The van der Waals surface area contributed by atoms with E-state index in [2.05, 4.69) is 10.6 Å². The highest BCUT2D eigenvalue weighted by atomic mass is 32.1. The van der Waals surface area contributed by atoms with E-state index in [1.807, 2.05) is 9.80 Å². The zero-order valence-corrected chi connectivity index (χ0v) is 22.0. The van der Waals surface area contributed by atoms with Crippen molar-refractivity contribution in [3.8, 4) is 0 Å². The van der Waals surface area contributed by atoms with E-state index >= 15 is 0 Å². The molecule has 1 aromatic heterocycles. The van der Waals surface area contributed by atoms with Crippen LogP contribution in [0.15, 0.2) is 60.0 Å². The molecular weight excluding hydrogens is 572 g/mol. The summed E-state index contributed by atoms with van der Waals surface area (Å²) in [6.45, 7) is 2.43. The zero-order chi connectivity index (χ0) is 30.2. The van der Waals surface area contributed by atoms with Gasteiger partial charge in [0.2, 0.25) is 5.91 Å². The SMILES string of the molecule is O=C(CN1CCN(c2ccc(NC(=O)c3cccs3)cc2C(=O)O)CC1)Nc1ccc(F)cc1.O=C(O)C(F)(F)F. The van der Waals surface area contributed by atoms with Gasteiger partial charge in [-0.25, -0.2) is 14.0 Å². The highest BCUT2D eigenvalue weighted by Crippen LogP contribution is 2.26. The molecule has 0 radical (unpaired) electrons. The van der Waals surface area contributed by atoms with E-state index in [4.69, 9.17) is 9.90 Å². The quantitative estimate of drug-likeness (QED) is 0.297. The molecule has 3 aromatic rings. The summed E-state index contributed by atoms with van der Waals surface area (Å²) < 4.78 is 44.7. The molecule has 0 aliphatic carbocycles. The van der Waals surface area contributed by atoms with Crippen molar-refractivity contribution in [1.82, 2.24) is 4.90 Å². The van der Waals surface area contributed by atoms with E-state index in [-0.39, 0.29) is 29.7 Å². The van der Waals surface area contributed by atoms with Gasteiger partial charge in [0.25, 0.3) is 5.91 Å². The minimum atomic E-state index is -5.08. The van der Waals surface area contributed by atoms with Gasteiger partial charge in [-0.05, 0) is 53.9 Å². The molecule has 0 atom stereocenters. The van der Waals surface area contributed by atoms with Gasteiger partial charge in [0.1, 0.15) is 5.82 Å². The van der Waals surface area contributed by atoms with Crippen LogP contribution >= 0.6 is 11.3 Å². The van der Waals surface area contributed by atoms with Crippen LogP contribution in [0, 0.1) is 5.82 Å². The fourth-order valence-corrected chi connectivity index (χ4v) is 4.36. The molecule has 2 heterocycles. The number of carboxylic acids is 2. The van der Waals surface area contributed by atoms with Gasteiger partial charge in [-0.3, -0.25) is 14.5 Å². The molecule has 10 nitrogen and oxygen atoms in total. The maximum Gasteiger partial charge on any atom is 0.490 e. The number of nitrogens with one attached hydrogen (secondary N) is 2. The smallest absolute Gasteiger partial charge is 0.478 e. The molecule has 1 aliphatic rings. The number of benzene rings is 2. The summed E-state index contributed by atoms with van der Waals surface area (Å²) in [5.41, 5.74) is 1.61. The number of rotatable bonds is 7. The minimum Gasteiger partial charge on any atom is -0.478 e. The van der Waals surface area contributed by atoms with E-state index in [1.54, 1.807) is 29.6 Å². The summed E-state index contributed by atoms with van der Waals surface area (Å²) in [4.78, 5) is 49.9. The maximum absolute atomic E-state index is 13.0. The fourth-order valence-electron chi connectivity index (χ4n) is 3.75. The van der Waals surface area contributed by atoms with Crippen LogP contribution < -0.4 is 15.5 Å². The van der Waals surface area contributed by atoms with Crippen molar-refractivity contribution >= 4 is 52.2 Å². The predicted molar refractivity (Wildman–Crippen MR) is 143 cm³/mol. The van der Waals surface area contributed by atoms with Crippen LogP contribution in [0.4, 0.5) is 34.6 Å². The molecule has 1 fully saturated rings.